The molecule has 0 unspecified atom stereocenters. The normalized spacial score (nSPS) is 10.4. The highest BCUT2D eigenvalue weighted by atomic mass is 16.5. The van der Waals surface area contributed by atoms with E-state index in [1.807, 2.05) is 13.8 Å². The van der Waals surface area contributed by atoms with Crippen LogP contribution in [0.4, 0.5) is 5.69 Å². The van der Waals surface area contributed by atoms with E-state index in [9.17, 15) is 4.79 Å². The number of pyridine rings is 1. The molecule has 2 aromatic heterocycles. The second-order valence-corrected chi connectivity index (χ2v) is 5.20. The molecule has 8 heteroatoms. The van der Waals surface area contributed by atoms with Gasteiger partial charge in [0.25, 0.3) is 5.91 Å². The monoisotopic (exact) mass is 353 g/mol. The van der Waals surface area contributed by atoms with E-state index in [0.29, 0.717) is 41.8 Å². The lowest BCUT2D eigenvalue weighted by atomic mass is 10.2. The molecule has 0 atom stereocenters. The lowest BCUT2D eigenvalue weighted by Gasteiger charge is -2.13. The minimum Gasteiger partial charge on any atom is -0.490 e. The van der Waals surface area contributed by atoms with Crippen LogP contribution in [-0.2, 0) is 0 Å². The van der Waals surface area contributed by atoms with Crippen molar-refractivity contribution in [1.82, 2.24) is 19.7 Å². The van der Waals surface area contributed by atoms with Gasteiger partial charge in [-0.25, -0.2) is 14.6 Å². The van der Waals surface area contributed by atoms with Crippen molar-refractivity contribution in [1.29, 1.82) is 0 Å². The number of aromatic nitrogens is 4. The van der Waals surface area contributed by atoms with Gasteiger partial charge in [0.05, 0.1) is 18.9 Å². The molecule has 1 aromatic carbocycles. The maximum Gasteiger partial charge on any atom is 0.255 e. The molecule has 2 heterocycles. The summed E-state index contributed by atoms with van der Waals surface area (Å²) in [4.78, 5) is 20.8. The molecule has 0 aliphatic carbocycles. The van der Waals surface area contributed by atoms with E-state index in [4.69, 9.17) is 9.47 Å². The third-order valence-electron chi connectivity index (χ3n) is 3.48. The number of hydrogen-bond acceptors (Lipinski definition) is 6. The van der Waals surface area contributed by atoms with E-state index in [2.05, 4.69) is 20.4 Å². The fourth-order valence-electron chi connectivity index (χ4n) is 2.38. The maximum atomic E-state index is 12.7. The van der Waals surface area contributed by atoms with Crippen LogP contribution in [0.25, 0.3) is 5.82 Å². The van der Waals surface area contributed by atoms with Gasteiger partial charge in [0.2, 0.25) is 0 Å². The fourth-order valence-corrected chi connectivity index (χ4v) is 2.38. The number of carbonyl (C=O) groups excluding carboxylic acids is 1. The van der Waals surface area contributed by atoms with Crippen LogP contribution in [0.1, 0.15) is 24.2 Å². The smallest absolute Gasteiger partial charge is 0.255 e. The minimum atomic E-state index is -0.289. The Balaban J connectivity index is 1.86. The Kier molecular flexibility index (Phi) is 5.43. The number of ether oxygens (including phenoxy) is 2. The Labute approximate surface area is 150 Å². The van der Waals surface area contributed by atoms with Crippen molar-refractivity contribution in [2.45, 2.75) is 13.8 Å². The third kappa shape index (κ3) is 3.80. The Bertz CT molecular complexity index is 880. The molecule has 0 saturated heterocycles. The molecule has 3 aromatic rings. The molecule has 26 heavy (non-hydrogen) atoms. The molecular formula is C18H19N5O3. The Morgan fingerprint density at radius 2 is 1.96 bits per heavy atom. The number of amides is 1. The zero-order valence-electron chi connectivity index (χ0n) is 14.5. The number of anilines is 1. The molecule has 0 spiro atoms. The lowest BCUT2D eigenvalue weighted by molar-refractivity contribution is 0.102. The number of nitrogens with one attached hydrogen (secondary N) is 1. The molecule has 0 fully saturated rings. The summed E-state index contributed by atoms with van der Waals surface area (Å²) in [7, 11) is 0. The van der Waals surface area contributed by atoms with E-state index in [1.54, 1.807) is 36.5 Å². The number of carbonyl (C=O) groups is 1. The molecule has 0 saturated carbocycles. The van der Waals surface area contributed by atoms with Crippen molar-refractivity contribution in [3.63, 3.8) is 0 Å². The lowest BCUT2D eigenvalue weighted by Crippen LogP contribution is -2.15. The predicted molar refractivity (Wildman–Crippen MR) is 95.9 cm³/mol. The quantitative estimate of drug-likeness (QED) is 0.702. The van der Waals surface area contributed by atoms with Gasteiger partial charge in [-0.1, -0.05) is 0 Å². The summed E-state index contributed by atoms with van der Waals surface area (Å²) in [6.45, 7) is 4.76. The van der Waals surface area contributed by atoms with Gasteiger partial charge in [0.1, 0.15) is 12.7 Å². The van der Waals surface area contributed by atoms with E-state index in [1.165, 1.54) is 17.3 Å². The molecule has 0 aliphatic heterocycles. The Morgan fingerprint density at radius 1 is 1.15 bits per heavy atom. The molecule has 0 aliphatic rings. The van der Waals surface area contributed by atoms with Crippen molar-refractivity contribution < 1.29 is 14.3 Å². The fraction of sp³-hybridized carbons (Fsp3) is 0.222. The average Bonchev–Trinajstić information content (AvgIpc) is 3.18. The highest BCUT2D eigenvalue weighted by Gasteiger charge is 2.14. The Hall–Kier alpha value is -3.42. The summed E-state index contributed by atoms with van der Waals surface area (Å²) in [5, 5.41) is 6.90. The van der Waals surface area contributed by atoms with Crippen molar-refractivity contribution in [2.24, 2.45) is 0 Å². The topological polar surface area (TPSA) is 91.2 Å². The summed E-state index contributed by atoms with van der Waals surface area (Å²) in [6.07, 6.45) is 4.54. The predicted octanol–water partition coefficient (Wildman–Crippen LogP) is 2.71. The summed E-state index contributed by atoms with van der Waals surface area (Å²) in [5.41, 5.74) is 0.972. The molecule has 1 amide bonds. The maximum absolute atomic E-state index is 12.7. The van der Waals surface area contributed by atoms with Gasteiger partial charge in [0, 0.05) is 11.8 Å². The van der Waals surface area contributed by atoms with Crippen molar-refractivity contribution in [2.75, 3.05) is 18.5 Å². The van der Waals surface area contributed by atoms with Gasteiger partial charge in [-0.15, -0.1) is 0 Å². The molecule has 0 radical (unpaired) electrons. The summed E-state index contributed by atoms with van der Waals surface area (Å²) in [6, 6.07) is 8.56. The van der Waals surface area contributed by atoms with Crippen LogP contribution in [-0.4, -0.2) is 38.9 Å². The molecule has 8 nitrogen and oxygen atoms in total. The SMILES string of the molecule is CCOc1ccc(C(=O)Nc2cccnc2-n2cncn2)cc1OCC. The molecule has 0 bridgehead atoms. The van der Waals surface area contributed by atoms with Crippen LogP contribution < -0.4 is 14.8 Å². The number of benzene rings is 1. The average molecular weight is 353 g/mol. The highest BCUT2D eigenvalue weighted by Crippen LogP contribution is 2.29. The number of hydrogen-bond donors (Lipinski definition) is 1. The summed E-state index contributed by atoms with van der Waals surface area (Å²) < 4.78 is 12.6. The van der Waals surface area contributed by atoms with Gasteiger partial charge < -0.3 is 14.8 Å². The van der Waals surface area contributed by atoms with E-state index in [-0.39, 0.29) is 5.91 Å². The molecule has 134 valence electrons. The first-order chi connectivity index (χ1) is 12.7. The summed E-state index contributed by atoms with van der Waals surface area (Å²) >= 11 is 0. The van der Waals surface area contributed by atoms with Gasteiger partial charge in [-0.3, -0.25) is 4.79 Å². The first-order valence-electron chi connectivity index (χ1n) is 8.24. The van der Waals surface area contributed by atoms with Gasteiger partial charge in [-0.05, 0) is 44.2 Å². The zero-order valence-corrected chi connectivity index (χ0v) is 14.5. The molecule has 3 rings (SSSR count). The van der Waals surface area contributed by atoms with Crippen molar-refractivity contribution >= 4 is 11.6 Å². The molecular weight excluding hydrogens is 334 g/mol. The van der Waals surface area contributed by atoms with Crippen molar-refractivity contribution in [3.8, 4) is 17.3 Å². The van der Waals surface area contributed by atoms with E-state index >= 15 is 0 Å². The third-order valence-corrected chi connectivity index (χ3v) is 3.48. The van der Waals surface area contributed by atoms with Crippen LogP contribution in [0.15, 0.2) is 49.2 Å². The zero-order chi connectivity index (χ0) is 18.4. The number of nitrogens with zero attached hydrogens (tertiary/aromatic N) is 4. The van der Waals surface area contributed by atoms with Crippen LogP contribution in [0.3, 0.4) is 0 Å². The number of rotatable bonds is 7. The standard InChI is InChI=1S/C18H19N5O3/c1-3-25-15-8-7-13(10-16(15)26-4-2)18(24)22-14-6-5-9-20-17(14)23-12-19-11-21-23/h5-12H,3-4H2,1-2H3,(H,22,24). The van der Waals surface area contributed by atoms with Crippen LogP contribution >= 0.6 is 0 Å². The molecule has 1 N–H and O–H groups in total. The summed E-state index contributed by atoms with van der Waals surface area (Å²) in [5.74, 6) is 1.33. The van der Waals surface area contributed by atoms with E-state index < -0.39 is 0 Å². The first kappa shape index (κ1) is 17.4. The van der Waals surface area contributed by atoms with Gasteiger partial charge in [0.15, 0.2) is 17.3 Å². The minimum absolute atomic E-state index is 0.289. The second kappa shape index (κ2) is 8.11. The first-order valence-corrected chi connectivity index (χ1v) is 8.24. The second-order valence-electron chi connectivity index (χ2n) is 5.20. The van der Waals surface area contributed by atoms with E-state index in [0.717, 1.165) is 0 Å². The highest BCUT2D eigenvalue weighted by molar-refractivity contribution is 6.05. The van der Waals surface area contributed by atoms with Gasteiger partial charge in [-0.2, -0.15) is 5.10 Å². The Morgan fingerprint density at radius 3 is 2.69 bits per heavy atom. The van der Waals surface area contributed by atoms with Crippen molar-refractivity contribution in [3.05, 3.63) is 54.7 Å². The van der Waals surface area contributed by atoms with Crippen LogP contribution in [0.5, 0.6) is 11.5 Å². The van der Waals surface area contributed by atoms with Crippen LogP contribution in [0, 0.1) is 0 Å². The van der Waals surface area contributed by atoms with Crippen LogP contribution in [0.2, 0.25) is 0 Å². The largest absolute Gasteiger partial charge is 0.490 e. The van der Waals surface area contributed by atoms with Gasteiger partial charge >= 0.3 is 0 Å².